The third-order valence-electron chi connectivity index (χ3n) is 3.95. The molecule has 1 aliphatic rings. The van der Waals surface area contributed by atoms with Crippen molar-refractivity contribution >= 4 is 47.0 Å². The van der Waals surface area contributed by atoms with Crippen LogP contribution in [-0.4, -0.2) is 28.4 Å². The lowest BCUT2D eigenvalue weighted by molar-refractivity contribution is -0.128. The van der Waals surface area contributed by atoms with E-state index in [0.29, 0.717) is 0 Å². The van der Waals surface area contributed by atoms with Crippen molar-refractivity contribution in [3.8, 4) is 0 Å². The van der Waals surface area contributed by atoms with Gasteiger partial charge in [-0.1, -0.05) is 47.7 Å². The maximum atomic E-state index is 12.5. The molecule has 2 amide bonds. The van der Waals surface area contributed by atoms with E-state index in [4.69, 9.17) is 12.2 Å². The summed E-state index contributed by atoms with van der Waals surface area (Å²) in [5.41, 5.74) is 2.05. The van der Waals surface area contributed by atoms with Gasteiger partial charge in [0.1, 0.15) is 5.57 Å². The molecule has 1 saturated heterocycles. The van der Waals surface area contributed by atoms with E-state index in [1.54, 1.807) is 23.9 Å². The highest BCUT2D eigenvalue weighted by atomic mass is 32.2. The Hall–Kier alpha value is -2.70. The molecule has 0 bridgehead atoms. The summed E-state index contributed by atoms with van der Waals surface area (Å²) in [6, 6.07) is 16.0. The second-order valence-corrected chi connectivity index (χ2v) is 7.54. The lowest BCUT2D eigenvalue weighted by Crippen LogP contribution is -2.53. The summed E-state index contributed by atoms with van der Waals surface area (Å²) >= 11 is 6.70. The molecule has 1 heterocycles. The largest absolute Gasteiger partial charge is 0.298 e. The molecule has 6 heteroatoms. The highest BCUT2D eigenvalue weighted by Crippen LogP contribution is 2.28. The van der Waals surface area contributed by atoms with Crippen LogP contribution in [0.3, 0.4) is 0 Å². The number of nitrogens with one attached hydrogen (secondary N) is 1. The Bertz CT molecular complexity index is 932. The Balaban J connectivity index is 1.78. The van der Waals surface area contributed by atoms with Crippen LogP contribution in [0, 0.1) is 6.92 Å². The average molecular weight is 395 g/mol. The van der Waals surface area contributed by atoms with Crippen molar-refractivity contribution in [3.05, 3.63) is 77.9 Å². The third-order valence-corrected chi connectivity index (χ3v) is 5.28. The smallest absolute Gasteiger partial charge is 0.265 e. The van der Waals surface area contributed by atoms with Gasteiger partial charge in [0, 0.05) is 16.3 Å². The predicted octanol–water partition coefficient (Wildman–Crippen LogP) is 3.96. The van der Waals surface area contributed by atoms with E-state index in [1.165, 1.54) is 10.5 Å². The Morgan fingerprint density at radius 3 is 2.26 bits per heavy atom. The van der Waals surface area contributed by atoms with E-state index >= 15 is 0 Å². The molecule has 0 aromatic heterocycles. The van der Waals surface area contributed by atoms with Crippen LogP contribution < -0.4 is 5.32 Å². The van der Waals surface area contributed by atoms with Gasteiger partial charge in [-0.3, -0.25) is 19.8 Å². The van der Waals surface area contributed by atoms with Crippen LogP contribution >= 0.6 is 24.0 Å². The van der Waals surface area contributed by atoms with Crippen molar-refractivity contribution in [2.45, 2.75) is 16.7 Å². The van der Waals surface area contributed by atoms with Gasteiger partial charge in [-0.05, 0) is 55.0 Å². The maximum absolute atomic E-state index is 12.5. The van der Waals surface area contributed by atoms with Crippen molar-refractivity contribution in [2.75, 3.05) is 6.54 Å². The zero-order chi connectivity index (χ0) is 19.4. The van der Waals surface area contributed by atoms with Crippen molar-refractivity contribution in [1.29, 1.82) is 0 Å². The van der Waals surface area contributed by atoms with Crippen molar-refractivity contribution < 1.29 is 9.59 Å². The van der Waals surface area contributed by atoms with Gasteiger partial charge in [-0.25, -0.2) is 0 Å². The molecule has 2 aromatic rings. The van der Waals surface area contributed by atoms with Gasteiger partial charge in [0.15, 0.2) is 5.11 Å². The van der Waals surface area contributed by atoms with Gasteiger partial charge in [-0.15, -0.1) is 6.58 Å². The number of amides is 2. The first-order valence-electron chi connectivity index (χ1n) is 8.32. The number of thiocarbonyl (C=S) groups is 1. The zero-order valence-corrected chi connectivity index (χ0v) is 16.4. The van der Waals surface area contributed by atoms with E-state index < -0.39 is 11.8 Å². The molecule has 2 aromatic carbocycles. The minimum absolute atomic E-state index is 0.0596. The molecular formula is C21H18N2O2S2. The fourth-order valence-electron chi connectivity index (χ4n) is 2.53. The normalized spacial score (nSPS) is 15.8. The molecule has 0 spiro atoms. The predicted molar refractivity (Wildman–Crippen MR) is 112 cm³/mol. The number of carbonyl (C=O) groups excluding carboxylic acids is 2. The Labute approximate surface area is 168 Å². The topological polar surface area (TPSA) is 49.4 Å². The molecule has 1 fully saturated rings. The Morgan fingerprint density at radius 2 is 1.67 bits per heavy atom. The van der Waals surface area contributed by atoms with Crippen LogP contribution in [0.4, 0.5) is 0 Å². The summed E-state index contributed by atoms with van der Waals surface area (Å²) in [6.07, 6.45) is 3.15. The first kappa shape index (κ1) is 19.1. The van der Waals surface area contributed by atoms with E-state index in [0.717, 1.165) is 15.4 Å². The summed E-state index contributed by atoms with van der Waals surface area (Å²) in [7, 11) is 0. The fourth-order valence-corrected chi connectivity index (χ4v) is 3.60. The van der Waals surface area contributed by atoms with Crippen LogP contribution in [0.2, 0.25) is 0 Å². The minimum Gasteiger partial charge on any atom is -0.298 e. The zero-order valence-electron chi connectivity index (χ0n) is 14.8. The van der Waals surface area contributed by atoms with Crippen LogP contribution in [0.5, 0.6) is 0 Å². The SMILES string of the molecule is C=CCN1C(=O)/C(=C\c2ccc(Sc3ccc(C)cc3)cc2)C(=O)NC1=S. The van der Waals surface area contributed by atoms with Crippen LogP contribution in [0.1, 0.15) is 11.1 Å². The molecule has 0 aliphatic carbocycles. The molecule has 1 aliphatic heterocycles. The van der Waals surface area contributed by atoms with Gasteiger partial charge in [0.05, 0.1) is 0 Å². The lowest BCUT2D eigenvalue weighted by atomic mass is 10.1. The highest BCUT2D eigenvalue weighted by Gasteiger charge is 2.32. The second-order valence-electron chi connectivity index (χ2n) is 6.01. The maximum Gasteiger partial charge on any atom is 0.265 e. The molecular weight excluding hydrogens is 376 g/mol. The minimum atomic E-state index is -0.483. The summed E-state index contributed by atoms with van der Waals surface area (Å²) in [6.45, 7) is 5.92. The first-order chi connectivity index (χ1) is 13.0. The van der Waals surface area contributed by atoms with Gasteiger partial charge >= 0.3 is 0 Å². The molecule has 0 radical (unpaired) electrons. The number of hydrogen-bond acceptors (Lipinski definition) is 4. The summed E-state index contributed by atoms with van der Waals surface area (Å²) in [4.78, 5) is 28.2. The Morgan fingerprint density at radius 1 is 1.07 bits per heavy atom. The second kappa shape index (κ2) is 8.33. The standard InChI is InChI=1S/C21H18N2O2S2/c1-3-12-23-20(25)18(19(24)22-21(23)26)13-15-6-10-17(11-7-15)27-16-8-4-14(2)5-9-16/h3-11,13H,1,12H2,2H3,(H,22,24,26)/b18-13-. The number of aryl methyl sites for hydroxylation is 1. The van der Waals surface area contributed by atoms with Gasteiger partial charge in [-0.2, -0.15) is 0 Å². The van der Waals surface area contributed by atoms with E-state index in [1.807, 2.05) is 24.3 Å². The molecule has 136 valence electrons. The monoisotopic (exact) mass is 394 g/mol. The third kappa shape index (κ3) is 4.53. The van der Waals surface area contributed by atoms with Crippen LogP contribution in [0.15, 0.2) is 76.5 Å². The number of carbonyl (C=O) groups is 2. The molecule has 0 atom stereocenters. The summed E-state index contributed by atoms with van der Waals surface area (Å²) in [5.74, 6) is -0.898. The number of hydrogen-bond donors (Lipinski definition) is 1. The number of benzene rings is 2. The lowest BCUT2D eigenvalue weighted by Gasteiger charge is -2.27. The molecule has 27 heavy (non-hydrogen) atoms. The first-order valence-corrected chi connectivity index (χ1v) is 9.55. The van der Waals surface area contributed by atoms with E-state index in [9.17, 15) is 9.59 Å². The molecule has 0 unspecified atom stereocenters. The average Bonchev–Trinajstić information content (AvgIpc) is 2.65. The number of nitrogens with zero attached hydrogens (tertiary/aromatic N) is 1. The van der Waals surface area contributed by atoms with Crippen molar-refractivity contribution in [3.63, 3.8) is 0 Å². The van der Waals surface area contributed by atoms with Crippen molar-refractivity contribution in [2.24, 2.45) is 0 Å². The molecule has 0 saturated carbocycles. The van der Waals surface area contributed by atoms with Crippen molar-refractivity contribution in [1.82, 2.24) is 10.2 Å². The molecule has 4 nitrogen and oxygen atoms in total. The summed E-state index contributed by atoms with van der Waals surface area (Å²) in [5, 5.41) is 2.64. The quantitative estimate of drug-likeness (QED) is 0.361. The molecule has 3 rings (SSSR count). The summed E-state index contributed by atoms with van der Waals surface area (Å²) < 4.78 is 0. The molecule has 1 N–H and O–H groups in total. The van der Waals surface area contributed by atoms with Gasteiger partial charge in [0.25, 0.3) is 11.8 Å². The van der Waals surface area contributed by atoms with Gasteiger partial charge in [0.2, 0.25) is 0 Å². The Kier molecular flexibility index (Phi) is 5.88. The number of rotatable bonds is 5. The highest BCUT2D eigenvalue weighted by molar-refractivity contribution is 7.99. The van der Waals surface area contributed by atoms with E-state index in [-0.39, 0.29) is 17.2 Å². The fraction of sp³-hybridized carbons (Fsp3) is 0.0952. The van der Waals surface area contributed by atoms with Crippen LogP contribution in [0.25, 0.3) is 6.08 Å². The van der Waals surface area contributed by atoms with E-state index in [2.05, 4.69) is 43.1 Å². The van der Waals surface area contributed by atoms with Gasteiger partial charge < -0.3 is 0 Å². The van der Waals surface area contributed by atoms with Crippen LogP contribution in [-0.2, 0) is 9.59 Å².